The van der Waals surface area contributed by atoms with Crippen LogP contribution in [0.25, 0.3) is 22.1 Å². The average molecular weight is 385 g/mol. The number of fused-ring (bicyclic) bond motifs is 1. The van der Waals surface area contributed by atoms with Crippen LogP contribution in [-0.2, 0) is 0 Å². The summed E-state index contributed by atoms with van der Waals surface area (Å²) >= 11 is 0. The summed E-state index contributed by atoms with van der Waals surface area (Å²) in [5.41, 5.74) is 1.83. The van der Waals surface area contributed by atoms with Crippen LogP contribution in [0.2, 0.25) is 0 Å². The van der Waals surface area contributed by atoms with E-state index in [2.05, 4.69) is 10.6 Å². The first kappa shape index (κ1) is 19.1. The number of piperidine rings is 1. The number of nitrogens with one attached hydrogen (secondary N) is 2. The lowest BCUT2D eigenvalue weighted by molar-refractivity contribution is 0.0930. The summed E-state index contributed by atoms with van der Waals surface area (Å²) in [7, 11) is 0. The smallest absolute Gasteiger partial charge is 0.344 e. The Labute approximate surface area is 163 Å². The van der Waals surface area contributed by atoms with Crippen molar-refractivity contribution in [1.82, 2.24) is 10.6 Å². The number of rotatable bonds is 3. The molecule has 1 atom stereocenters. The van der Waals surface area contributed by atoms with E-state index in [9.17, 15) is 9.59 Å². The van der Waals surface area contributed by atoms with Crippen molar-refractivity contribution >= 4 is 29.3 Å². The fourth-order valence-corrected chi connectivity index (χ4v) is 3.33. The summed E-state index contributed by atoms with van der Waals surface area (Å²) in [5.74, 6) is -0.120. The van der Waals surface area contributed by atoms with Crippen LogP contribution in [0.15, 0.2) is 63.8 Å². The Morgan fingerprint density at radius 2 is 1.96 bits per heavy atom. The molecule has 4 rings (SSSR count). The number of carbonyl (C=O) groups excluding carboxylic acids is 1. The number of halogens is 1. The summed E-state index contributed by atoms with van der Waals surface area (Å²) in [6.45, 7) is 1.79. The second kappa shape index (κ2) is 8.37. The van der Waals surface area contributed by atoms with Gasteiger partial charge >= 0.3 is 5.63 Å². The molecule has 1 aliphatic rings. The van der Waals surface area contributed by atoms with E-state index in [0.29, 0.717) is 22.3 Å². The van der Waals surface area contributed by atoms with Gasteiger partial charge in [-0.2, -0.15) is 0 Å². The first-order valence-corrected chi connectivity index (χ1v) is 8.85. The number of hydrogen-bond acceptors (Lipinski definition) is 4. The molecule has 27 heavy (non-hydrogen) atoms. The van der Waals surface area contributed by atoms with Crippen molar-refractivity contribution in [1.29, 1.82) is 0 Å². The van der Waals surface area contributed by atoms with Gasteiger partial charge in [-0.3, -0.25) is 4.79 Å². The standard InChI is InChI=1S/C21H20N2O3.ClH/c24-20(23-17-8-4-10-22-13-17)16-7-3-6-14(11-16)18-12-15-5-1-2-9-19(15)26-21(18)25;/h1-3,5-7,9,11-12,17,22H,4,8,10,13H2,(H,23,24);1H/t17-;/m0./s1. The predicted octanol–water partition coefficient (Wildman–Crippen LogP) is 3.36. The fraction of sp³-hybridized carbons (Fsp3) is 0.238. The van der Waals surface area contributed by atoms with Crippen LogP contribution < -0.4 is 16.3 Å². The zero-order chi connectivity index (χ0) is 17.9. The highest BCUT2D eigenvalue weighted by atomic mass is 35.5. The van der Waals surface area contributed by atoms with Gasteiger partial charge in [-0.1, -0.05) is 30.3 Å². The zero-order valence-corrected chi connectivity index (χ0v) is 15.6. The van der Waals surface area contributed by atoms with E-state index in [-0.39, 0.29) is 24.4 Å². The molecule has 0 bridgehead atoms. The fourth-order valence-electron chi connectivity index (χ4n) is 3.33. The molecule has 3 aromatic rings. The molecule has 0 radical (unpaired) electrons. The van der Waals surface area contributed by atoms with Gasteiger partial charge in [-0.25, -0.2) is 4.79 Å². The second-order valence-electron chi connectivity index (χ2n) is 6.58. The van der Waals surface area contributed by atoms with Crippen molar-refractivity contribution in [3.05, 3.63) is 70.6 Å². The van der Waals surface area contributed by atoms with E-state index in [1.165, 1.54) is 0 Å². The minimum absolute atomic E-state index is 0. The van der Waals surface area contributed by atoms with Gasteiger partial charge in [0.25, 0.3) is 5.91 Å². The van der Waals surface area contributed by atoms with E-state index in [1.54, 1.807) is 24.3 Å². The molecule has 140 valence electrons. The number of carbonyl (C=O) groups is 1. The molecule has 1 aromatic heterocycles. The van der Waals surface area contributed by atoms with Crippen molar-refractivity contribution in [2.45, 2.75) is 18.9 Å². The average Bonchev–Trinajstić information content (AvgIpc) is 2.68. The molecule has 1 amide bonds. The van der Waals surface area contributed by atoms with Crippen molar-refractivity contribution in [3.8, 4) is 11.1 Å². The van der Waals surface area contributed by atoms with Crippen LogP contribution in [0, 0.1) is 0 Å². The van der Waals surface area contributed by atoms with Crippen LogP contribution in [0.1, 0.15) is 23.2 Å². The van der Waals surface area contributed by atoms with E-state index in [4.69, 9.17) is 4.42 Å². The van der Waals surface area contributed by atoms with Crippen LogP contribution in [0.3, 0.4) is 0 Å². The summed E-state index contributed by atoms with van der Waals surface area (Å²) in [6.07, 6.45) is 2.04. The number of hydrogen-bond donors (Lipinski definition) is 2. The first-order chi connectivity index (χ1) is 12.7. The molecule has 2 heterocycles. The third kappa shape index (κ3) is 4.21. The van der Waals surface area contributed by atoms with Gasteiger partial charge in [-0.05, 0) is 49.2 Å². The zero-order valence-electron chi connectivity index (χ0n) is 14.7. The molecule has 1 fully saturated rings. The maximum atomic E-state index is 12.6. The molecule has 2 aromatic carbocycles. The highest BCUT2D eigenvalue weighted by molar-refractivity contribution is 5.96. The topological polar surface area (TPSA) is 71.3 Å². The van der Waals surface area contributed by atoms with Crippen molar-refractivity contribution in [2.75, 3.05) is 13.1 Å². The van der Waals surface area contributed by atoms with E-state index < -0.39 is 5.63 Å². The quantitative estimate of drug-likeness (QED) is 0.679. The first-order valence-electron chi connectivity index (χ1n) is 8.85. The summed E-state index contributed by atoms with van der Waals surface area (Å²) in [5, 5.41) is 7.19. The number of benzene rings is 2. The molecule has 0 saturated carbocycles. The second-order valence-corrected chi connectivity index (χ2v) is 6.58. The van der Waals surface area contributed by atoms with Crippen molar-refractivity contribution in [2.24, 2.45) is 0 Å². The SMILES string of the molecule is Cl.O=C(N[C@H]1CCCNC1)c1cccc(-c2cc3ccccc3oc2=O)c1. The highest BCUT2D eigenvalue weighted by Gasteiger charge is 2.17. The van der Waals surface area contributed by atoms with Crippen molar-refractivity contribution in [3.63, 3.8) is 0 Å². The number of amides is 1. The normalized spacial score (nSPS) is 16.5. The molecule has 2 N–H and O–H groups in total. The Hall–Kier alpha value is -2.63. The molecular weight excluding hydrogens is 364 g/mol. The molecule has 0 spiro atoms. The lowest BCUT2D eigenvalue weighted by atomic mass is 10.0. The largest absolute Gasteiger partial charge is 0.422 e. The molecular formula is C21H21ClN2O3. The minimum atomic E-state index is -0.405. The molecule has 1 aliphatic heterocycles. The maximum absolute atomic E-state index is 12.6. The van der Waals surface area contributed by atoms with Crippen LogP contribution in [0.4, 0.5) is 0 Å². The monoisotopic (exact) mass is 384 g/mol. The molecule has 0 unspecified atom stereocenters. The molecule has 1 saturated heterocycles. The molecule has 6 heteroatoms. The van der Waals surface area contributed by atoms with E-state index in [1.807, 2.05) is 30.3 Å². The predicted molar refractivity (Wildman–Crippen MR) is 109 cm³/mol. The Kier molecular flexibility index (Phi) is 5.94. The molecule has 5 nitrogen and oxygen atoms in total. The lowest BCUT2D eigenvalue weighted by Gasteiger charge is -2.23. The van der Waals surface area contributed by atoms with Gasteiger partial charge in [0.1, 0.15) is 5.58 Å². The third-order valence-corrected chi connectivity index (χ3v) is 4.71. The molecule has 0 aliphatic carbocycles. The highest BCUT2D eigenvalue weighted by Crippen LogP contribution is 2.22. The minimum Gasteiger partial charge on any atom is -0.422 e. The van der Waals surface area contributed by atoms with Gasteiger partial charge in [0, 0.05) is 23.5 Å². The van der Waals surface area contributed by atoms with Gasteiger partial charge in [-0.15, -0.1) is 12.4 Å². The van der Waals surface area contributed by atoms with Crippen LogP contribution in [-0.4, -0.2) is 25.0 Å². The number of para-hydroxylation sites is 1. The van der Waals surface area contributed by atoms with Gasteiger partial charge in [0.05, 0.1) is 5.56 Å². The Morgan fingerprint density at radius 1 is 1.11 bits per heavy atom. The summed E-state index contributed by atoms with van der Waals surface area (Å²) < 4.78 is 5.40. The van der Waals surface area contributed by atoms with Gasteiger partial charge in [0.2, 0.25) is 0 Å². The van der Waals surface area contributed by atoms with Gasteiger partial charge < -0.3 is 15.1 Å². The van der Waals surface area contributed by atoms with E-state index >= 15 is 0 Å². The lowest BCUT2D eigenvalue weighted by Crippen LogP contribution is -2.45. The van der Waals surface area contributed by atoms with Crippen LogP contribution in [0.5, 0.6) is 0 Å². The van der Waals surface area contributed by atoms with E-state index in [0.717, 1.165) is 31.3 Å². The third-order valence-electron chi connectivity index (χ3n) is 4.71. The summed E-state index contributed by atoms with van der Waals surface area (Å²) in [4.78, 5) is 24.9. The van der Waals surface area contributed by atoms with Crippen molar-refractivity contribution < 1.29 is 9.21 Å². The Morgan fingerprint density at radius 3 is 2.78 bits per heavy atom. The van der Waals surface area contributed by atoms with Gasteiger partial charge in [0.15, 0.2) is 0 Å². The van der Waals surface area contributed by atoms with Crippen LogP contribution >= 0.6 is 12.4 Å². The maximum Gasteiger partial charge on any atom is 0.344 e. The summed E-state index contributed by atoms with van der Waals surface area (Å²) in [6, 6.07) is 16.5. The Balaban J connectivity index is 0.00000210. The Bertz CT molecular complexity index is 1010.